The van der Waals surface area contributed by atoms with Crippen molar-refractivity contribution in [3.63, 3.8) is 0 Å². The van der Waals surface area contributed by atoms with E-state index in [1.165, 1.54) is 6.07 Å². The van der Waals surface area contributed by atoms with Gasteiger partial charge >= 0.3 is 5.97 Å². The molecule has 104 valence electrons. The monoisotopic (exact) mass is 272 g/mol. The molecular weight excluding hydrogens is 256 g/mol. The van der Waals surface area contributed by atoms with Crippen LogP contribution in [0.4, 0.5) is 0 Å². The number of ether oxygens (including phenoxy) is 1. The Labute approximate surface area is 117 Å². The molecule has 0 bridgehead atoms. The molecule has 0 aliphatic heterocycles. The van der Waals surface area contributed by atoms with E-state index < -0.39 is 5.97 Å². The molecule has 2 N–H and O–H groups in total. The van der Waals surface area contributed by atoms with Gasteiger partial charge in [0, 0.05) is 6.61 Å². The molecule has 0 saturated carbocycles. The van der Waals surface area contributed by atoms with Gasteiger partial charge in [0.05, 0.1) is 0 Å². The van der Waals surface area contributed by atoms with Crippen molar-refractivity contribution in [1.82, 2.24) is 0 Å². The van der Waals surface area contributed by atoms with Crippen LogP contribution in [0.2, 0.25) is 0 Å². The lowest BCUT2D eigenvalue weighted by Gasteiger charge is -2.12. The van der Waals surface area contributed by atoms with Crippen LogP contribution in [0.25, 0.3) is 0 Å². The lowest BCUT2D eigenvalue weighted by molar-refractivity contribution is 0.0694. The molecule has 0 fully saturated rings. The van der Waals surface area contributed by atoms with Crippen molar-refractivity contribution in [2.75, 3.05) is 6.61 Å². The van der Waals surface area contributed by atoms with Gasteiger partial charge in [-0.2, -0.15) is 0 Å². The zero-order chi connectivity index (χ0) is 14.5. The fraction of sp³-hybridized carbons (Fsp3) is 0.188. The van der Waals surface area contributed by atoms with Crippen LogP contribution >= 0.6 is 0 Å². The predicted molar refractivity (Wildman–Crippen MR) is 75.4 cm³/mol. The summed E-state index contributed by atoms with van der Waals surface area (Å²) in [6.07, 6.45) is 0.588. The number of carbonyl (C=O) groups is 1. The minimum Gasteiger partial charge on any atom is -0.478 e. The summed E-state index contributed by atoms with van der Waals surface area (Å²) < 4.78 is 5.69. The normalized spacial score (nSPS) is 10.3. The predicted octanol–water partition coefficient (Wildman–Crippen LogP) is 3.02. The third kappa shape index (κ3) is 3.16. The number of aliphatic hydroxyl groups excluding tert-OH is 1. The first-order valence-electron chi connectivity index (χ1n) is 6.32. The van der Waals surface area contributed by atoms with E-state index in [1.54, 1.807) is 18.2 Å². The maximum absolute atomic E-state index is 11.2. The zero-order valence-electron chi connectivity index (χ0n) is 11.2. The fourth-order valence-electron chi connectivity index (χ4n) is 1.93. The summed E-state index contributed by atoms with van der Waals surface area (Å²) in [5, 5.41) is 18.0. The molecule has 0 aliphatic carbocycles. The smallest absolute Gasteiger partial charge is 0.339 e. The van der Waals surface area contributed by atoms with Crippen LogP contribution in [0.3, 0.4) is 0 Å². The van der Waals surface area contributed by atoms with Gasteiger partial charge < -0.3 is 14.9 Å². The zero-order valence-corrected chi connectivity index (χ0v) is 11.2. The number of benzene rings is 2. The molecule has 0 heterocycles. The summed E-state index contributed by atoms with van der Waals surface area (Å²) in [5.41, 5.74) is 1.91. The number of para-hydroxylation sites is 1. The van der Waals surface area contributed by atoms with Gasteiger partial charge in [0.2, 0.25) is 0 Å². The van der Waals surface area contributed by atoms with Gasteiger partial charge in [-0.25, -0.2) is 4.79 Å². The molecule has 0 saturated heterocycles. The molecule has 0 atom stereocenters. The van der Waals surface area contributed by atoms with Crippen LogP contribution in [0.15, 0.2) is 42.5 Å². The van der Waals surface area contributed by atoms with Gasteiger partial charge in [0.1, 0.15) is 17.1 Å². The minimum absolute atomic E-state index is 0.0984. The van der Waals surface area contributed by atoms with Gasteiger partial charge in [-0.05, 0) is 42.7 Å². The van der Waals surface area contributed by atoms with Crippen LogP contribution in [0.5, 0.6) is 11.5 Å². The Morgan fingerprint density at radius 3 is 2.45 bits per heavy atom. The van der Waals surface area contributed by atoms with Crippen molar-refractivity contribution in [2.45, 2.75) is 13.3 Å². The van der Waals surface area contributed by atoms with E-state index in [2.05, 4.69) is 0 Å². The standard InChI is InChI=1S/C16H16O4/c1-11-3-2-4-14(16(18)19)15(11)20-13-7-5-12(6-8-13)9-10-17/h2-8,17H,9-10H2,1H3,(H,18,19). The molecule has 20 heavy (non-hydrogen) atoms. The molecule has 2 aromatic carbocycles. The van der Waals surface area contributed by atoms with Crippen LogP contribution in [-0.4, -0.2) is 22.8 Å². The number of carboxylic acids is 1. The molecular formula is C16H16O4. The Balaban J connectivity index is 2.27. The molecule has 0 radical (unpaired) electrons. The van der Waals surface area contributed by atoms with E-state index in [0.717, 1.165) is 11.1 Å². The van der Waals surface area contributed by atoms with E-state index in [1.807, 2.05) is 25.1 Å². The summed E-state index contributed by atoms with van der Waals surface area (Å²) in [4.78, 5) is 11.2. The molecule has 0 unspecified atom stereocenters. The quantitative estimate of drug-likeness (QED) is 0.878. The van der Waals surface area contributed by atoms with E-state index in [0.29, 0.717) is 17.9 Å². The van der Waals surface area contributed by atoms with Crippen molar-refractivity contribution in [1.29, 1.82) is 0 Å². The summed E-state index contributed by atoms with van der Waals surface area (Å²) in [7, 11) is 0. The molecule has 2 aromatic rings. The first-order valence-corrected chi connectivity index (χ1v) is 6.32. The summed E-state index contributed by atoms with van der Waals surface area (Å²) in [6, 6.07) is 12.3. The Morgan fingerprint density at radius 2 is 1.85 bits per heavy atom. The number of aryl methyl sites for hydroxylation is 1. The maximum Gasteiger partial charge on any atom is 0.339 e. The highest BCUT2D eigenvalue weighted by Gasteiger charge is 2.14. The van der Waals surface area contributed by atoms with Gasteiger partial charge in [-0.1, -0.05) is 24.3 Å². The highest BCUT2D eigenvalue weighted by atomic mass is 16.5. The fourth-order valence-corrected chi connectivity index (χ4v) is 1.93. The largest absolute Gasteiger partial charge is 0.478 e. The number of hydrogen-bond donors (Lipinski definition) is 2. The lowest BCUT2D eigenvalue weighted by Crippen LogP contribution is -2.01. The molecule has 4 nitrogen and oxygen atoms in total. The Morgan fingerprint density at radius 1 is 1.15 bits per heavy atom. The van der Waals surface area contributed by atoms with Crippen molar-refractivity contribution in [2.24, 2.45) is 0 Å². The Kier molecular flexibility index (Phi) is 4.38. The molecule has 2 rings (SSSR count). The van der Waals surface area contributed by atoms with Gasteiger partial charge in [-0.15, -0.1) is 0 Å². The summed E-state index contributed by atoms with van der Waals surface area (Å²) in [6.45, 7) is 1.91. The Bertz CT molecular complexity index is 602. The number of carboxylic acid groups (broad SMARTS) is 1. The van der Waals surface area contributed by atoms with Crippen molar-refractivity contribution >= 4 is 5.97 Å². The third-order valence-electron chi connectivity index (χ3n) is 2.99. The van der Waals surface area contributed by atoms with Crippen LogP contribution in [0, 0.1) is 6.92 Å². The van der Waals surface area contributed by atoms with Crippen LogP contribution in [-0.2, 0) is 6.42 Å². The SMILES string of the molecule is Cc1cccc(C(=O)O)c1Oc1ccc(CCO)cc1. The second kappa shape index (κ2) is 6.21. The average Bonchev–Trinajstić information content (AvgIpc) is 2.43. The van der Waals surface area contributed by atoms with Crippen LogP contribution < -0.4 is 4.74 Å². The van der Waals surface area contributed by atoms with Gasteiger partial charge in [0.15, 0.2) is 0 Å². The Hall–Kier alpha value is -2.33. The average molecular weight is 272 g/mol. The van der Waals surface area contributed by atoms with E-state index in [4.69, 9.17) is 9.84 Å². The summed E-state index contributed by atoms with van der Waals surface area (Å²) in [5.74, 6) is -0.0843. The number of hydrogen-bond acceptors (Lipinski definition) is 3. The van der Waals surface area contributed by atoms with Crippen molar-refractivity contribution in [3.05, 3.63) is 59.2 Å². The number of aliphatic hydroxyl groups is 1. The van der Waals surface area contributed by atoms with E-state index in [9.17, 15) is 9.90 Å². The van der Waals surface area contributed by atoms with Gasteiger partial charge in [0.25, 0.3) is 0 Å². The lowest BCUT2D eigenvalue weighted by atomic mass is 10.1. The number of rotatable bonds is 5. The third-order valence-corrected chi connectivity index (χ3v) is 2.99. The first kappa shape index (κ1) is 14.1. The maximum atomic E-state index is 11.2. The van der Waals surface area contributed by atoms with Crippen LogP contribution in [0.1, 0.15) is 21.5 Å². The van der Waals surface area contributed by atoms with Crippen molar-refractivity contribution < 1.29 is 19.7 Å². The van der Waals surface area contributed by atoms with Gasteiger partial charge in [-0.3, -0.25) is 0 Å². The highest BCUT2D eigenvalue weighted by Crippen LogP contribution is 2.29. The molecule has 0 aliphatic rings. The van der Waals surface area contributed by atoms with E-state index in [-0.39, 0.29) is 12.2 Å². The van der Waals surface area contributed by atoms with Crippen molar-refractivity contribution in [3.8, 4) is 11.5 Å². The molecule has 0 amide bonds. The second-order valence-electron chi connectivity index (χ2n) is 4.48. The number of aromatic carboxylic acids is 1. The minimum atomic E-state index is -1.01. The summed E-state index contributed by atoms with van der Waals surface area (Å²) >= 11 is 0. The second-order valence-corrected chi connectivity index (χ2v) is 4.48. The first-order chi connectivity index (χ1) is 9.61. The molecule has 4 heteroatoms. The molecule has 0 aromatic heterocycles. The molecule has 0 spiro atoms. The van der Waals surface area contributed by atoms with E-state index >= 15 is 0 Å². The topological polar surface area (TPSA) is 66.8 Å². The highest BCUT2D eigenvalue weighted by molar-refractivity contribution is 5.91.